The first kappa shape index (κ1) is 23.7. The van der Waals surface area contributed by atoms with Crippen molar-refractivity contribution in [1.29, 1.82) is 0 Å². The zero-order valence-corrected chi connectivity index (χ0v) is 11.0. The van der Waals surface area contributed by atoms with Gasteiger partial charge in [0.2, 0.25) is 0 Å². The van der Waals surface area contributed by atoms with Gasteiger partial charge in [0.15, 0.2) is 0 Å². The van der Waals surface area contributed by atoms with Crippen LogP contribution in [0.3, 0.4) is 0 Å². The van der Waals surface area contributed by atoms with Gasteiger partial charge in [-0.05, 0) is 0 Å². The molecule has 13 heavy (non-hydrogen) atoms. The second kappa shape index (κ2) is 18.8. The molecular formula is C9H21O3Tm. The standard InChI is InChI=1S/3C3H7O.Tm/c3*1-3(2)4;/h3*3H,1-2H3;/q3*-1;+3. The Labute approximate surface area is 111 Å². The van der Waals surface area contributed by atoms with Crippen molar-refractivity contribution in [2.45, 2.75) is 59.9 Å². The summed E-state index contributed by atoms with van der Waals surface area (Å²) in [5.41, 5.74) is 0. The second-order valence-electron chi connectivity index (χ2n) is 3.15. The number of hydrogen-bond acceptors (Lipinski definition) is 3. The van der Waals surface area contributed by atoms with E-state index in [4.69, 9.17) is 0 Å². The molecule has 0 radical (unpaired) electrons. The average Bonchev–Trinajstić information content (AvgIpc) is 1.54. The molecule has 0 spiro atoms. The minimum absolute atomic E-state index is 0. The van der Waals surface area contributed by atoms with Crippen LogP contribution < -0.4 is 15.3 Å². The summed E-state index contributed by atoms with van der Waals surface area (Å²) in [6.07, 6.45) is -1.25. The minimum Gasteiger partial charge on any atom is -0.852 e. The summed E-state index contributed by atoms with van der Waals surface area (Å²) in [6, 6.07) is 0. The van der Waals surface area contributed by atoms with Gasteiger partial charge in [0.1, 0.15) is 0 Å². The van der Waals surface area contributed by atoms with Gasteiger partial charge in [0, 0.05) is 0 Å². The normalized spacial score (nSPS) is 8.31. The zero-order chi connectivity index (χ0) is 10.7. The molecule has 0 bridgehead atoms. The topological polar surface area (TPSA) is 69.2 Å². The van der Waals surface area contributed by atoms with E-state index in [0.29, 0.717) is 0 Å². The monoisotopic (exact) mass is 346 g/mol. The molecule has 88 valence electrons. The second-order valence-corrected chi connectivity index (χ2v) is 3.15. The van der Waals surface area contributed by atoms with Crippen molar-refractivity contribution in [3.8, 4) is 0 Å². The molecule has 0 aliphatic heterocycles. The summed E-state index contributed by atoms with van der Waals surface area (Å²) in [7, 11) is 0. The Balaban J connectivity index is -0.0000000450. The fourth-order valence-electron chi connectivity index (χ4n) is 0. The fourth-order valence-corrected chi connectivity index (χ4v) is 0. The molecule has 0 aromatic rings. The Kier molecular flexibility index (Phi) is 34.3. The van der Waals surface area contributed by atoms with E-state index in [1.165, 1.54) is 0 Å². The molecule has 0 amide bonds. The molecule has 0 heterocycles. The van der Waals surface area contributed by atoms with E-state index in [-0.39, 0.29) is 36.9 Å². The van der Waals surface area contributed by atoms with E-state index in [9.17, 15) is 15.3 Å². The molecule has 0 aliphatic carbocycles. The van der Waals surface area contributed by atoms with E-state index in [1.807, 2.05) is 0 Å². The Morgan fingerprint density at radius 2 is 0.538 bits per heavy atom. The molecule has 0 aliphatic rings. The smallest absolute Gasteiger partial charge is 0.852 e. The van der Waals surface area contributed by atoms with E-state index < -0.39 is 18.3 Å². The van der Waals surface area contributed by atoms with Crippen LogP contribution in [-0.4, -0.2) is 18.3 Å². The summed E-state index contributed by atoms with van der Waals surface area (Å²) in [4.78, 5) is 0. The van der Waals surface area contributed by atoms with E-state index in [2.05, 4.69) is 0 Å². The van der Waals surface area contributed by atoms with Crippen LogP contribution in [0.5, 0.6) is 0 Å². The van der Waals surface area contributed by atoms with Crippen molar-refractivity contribution in [1.82, 2.24) is 0 Å². The Hall–Kier alpha value is 1.11. The summed E-state index contributed by atoms with van der Waals surface area (Å²) < 4.78 is 0. The van der Waals surface area contributed by atoms with Crippen LogP contribution in [0.2, 0.25) is 0 Å². The van der Waals surface area contributed by atoms with Gasteiger partial charge in [-0.15, -0.1) is 18.3 Å². The van der Waals surface area contributed by atoms with Crippen LogP contribution >= 0.6 is 0 Å². The molecule has 0 aromatic carbocycles. The summed E-state index contributed by atoms with van der Waals surface area (Å²) in [5, 5.41) is 28.6. The SMILES string of the molecule is CC(C)[O-].CC(C)[O-].CC(C)[O-].[Tm+3]. The molecule has 0 rings (SSSR count). The van der Waals surface area contributed by atoms with Gasteiger partial charge >= 0.3 is 36.9 Å². The zero-order valence-electron chi connectivity index (χ0n) is 9.23. The van der Waals surface area contributed by atoms with Crippen molar-refractivity contribution in [3.63, 3.8) is 0 Å². The molecule has 0 unspecified atom stereocenters. The predicted octanol–water partition coefficient (Wildman–Crippen LogP) is -0.735. The van der Waals surface area contributed by atoms with Gasteiger partial charge in [0.25, 0.3) is 0 Å². The van der Waals surface area contributed by atoms with Crippen molar-refractivity contribution >= 4 is 0 Å². The Morgan fingerprint density at radius 3 is 0.538 bits per heavy atom. The third-order valence-electron chi connectivity index (χ3n) is 0. The van der Waals surface area contributed by atoms with Crippen LogP contribution in [0, 0.1) is 36.9 Å². The molecule has 0 aromatic heterocycles. The summed E-state index contributed by atoms with van der Waals surface area (Å²) in [5.74, 6) is 0. The maximum atomic E-state index is 9.53. The van der Waals surface area contributed by atoms with Crippen LogP contribution in [0.15, 0.2) is 0 Å². The molecule has 0 fully saturated rings. The van der Waals surface area contributed by atoms with Gasteiger partial charge in [0.05, 0.1) is 0 Å². The molecular weight excluding hydrogens is 325 g/mol. The van der Waals surface area contributed by atoms with E-state index in [0.717, 1.165) is 0 Å². The van der Waals surface area contributed by atoms with Crippen molar-refractivity contribution in [3.05, 3.63) is 0 Å². The van der Waals surface area contributed by atoms with Crippen LogP contribution in [0.4, 0.5) is 0 Å². The summed E-state index contributed by atoms with van der Waals surface area (Å²) in [6.45, 7) is 9.67. The van der Waals surface area contributed by atoms with Crippen molar-refractivity contribution in [2.24, 2.45) is 0 Å². The number of hydrogen-bond donors (Lipinski definition) is 0. The first-order valence-corrected chi connectivity index (χ1v) is 4.17. The Morgan fingerprint density at radius 1 is 0.538 bits per heavy atom. The maximum Gasteiger partial charge on any atom is 3.00 e. The Bertz CT molecular complexity index is 43.4. The first-order chi connectivity index (χ1) is 5.20. The fraction of sp³-hybridized carbons (Fsp3) is 1.00. The van der Waals surface area contributed by atoms with Gasteiger partial charge in [-0.25, -0.2) is 0 Å². The molecule has 4 heteroatoms. The first-order valence-electron chi connectivity index (χ1n) is 4.17. The van der Waals surface area contributed by atoms with Crippen molar-refractivity contribution in [2.75, 3.05) is 0 Å². The van der Waals surface area contributed by atoms with Crippen LogP contribution in [0.25, 0.3) is 0 Å². The van der Waals surface area contributed by atoms with E-state index in [1.54, 1.807) is 41.5 Å². The average molecular weight is 346 g/mol. The third kappa shape index (κ3) is 1310. The van der Waals surface area contributed by atoms with E-state index >= 15 is 0 Å². The molecule has 0 saturated heterocycles. The minimum atomic E-state index is -0.417. The molecule has 0 saturated carbocycles. The van der Waals surface area contributed by atoms with Gasteiger partial charge in [-0.1, -0.05) is 41.5 Å². The maximum absolute atomic E-state index is 9.53. The molecule has 0 atom stereocenters. The summed E-state index contributed by atoms with van der Waals surface area (Å²) >= 11 is 0. The molecule has 3 nitrogen and oxygen atoms in total. The third-order valence-corrected chi connectivity index (χ3v) is 0. The molecule has 0 N–H and O–H groups in total. The predicted molar refractivity (Wildman–Crippen MR) is 45.4 cm³/mol. The van der Waals surface area contributed by atoms with Crippen LogP contribution in [0.1, 0.15) is 41.5 Å². The van der Waals surface area contributed by atoms with Gasteiger partial charge < -0.3 is 15.3 Å². The van der Waals surface area contributed by atoms with Gasteiger partial charge in [-0.2, -0.15) is 0 Å². The van der Waals surface area contributed by atoms with Crippen molar-refractivity contribution < 1.29 is 52.2 Å². The quantitative estimate of drug-likeness (QED) is 0.581. The number of rotatable bonds is 0. The van der Waals surface area contributed by atoms with Crippen LogP contribution in [-0.2, 0) is 0 Å². The largest absolute Gasteiger partial charge is 3.00 e. The van der Waals surface area contributed by atoms with Gasteiger partial charge in [-0.3, -0.25) is 0 Å².